The fraction of sp³-hybridized carbons (Fsp3) is 0.350. The molecule has 88 heavy (non-hydrogen) atoms. The molecule has 0 radical (unpaired) electrons. The molecule has 0 aliphatic heterocycles. The molecule has 9 aromatic heterocycles. The third-order valence-corrected chi connectivity index (χ3v) is 14.9. The van der Waals surface area contributed by atoms with Gasteiger partial charge in [0.25, 0.3) is 0 Å². The van der Waals surface area contributed by atoms with Crippen LogP contribution in [0, 0.1) is 77.1 Å². The third-order valence-electron chi connectivity index (χ3n) is 13.5. The Morgan fingerprint density at radius 1 is 0.534 bits per heavy atom. The normalized spacial score (nSPS) is 11.8. The number of hydrogen-bond acceptors (Lipinski definition) is 19. The topological polar surface area (TPSA) is 344 Å². The Morgan fingerprint density at radius 3 is 1.17 bits per heavy atom. The van der Waals surface area contributed by atoms with Gasteiger partial charge in [-0.05, 0) is 61.8 Å². The van der Waals surface area contributed by atoms with E-state index >= 15 is 0 Å². The van der Waals surface area contributed by atoms with E-state index in [9.17, 15) is 14.8 Å². The number of halogens is 3. The van der Waals surface area contributed by atoms with E-state index in [1.165, 1.54) is 0 Å². The predicted molar refractivity (Wildman–Crippen MR) is 339 cm³/mol. The number of phosphoric acid groups is 1. The minimum absolute atomic E-state index is 0.0255. The Morgan fingerprint density at radius 2 is 0.864 bits per heavy atom. The number of phosphoric ester groups is 1. The van der Waals surface area contributed by atoms with Crippen molar-refractivity contribution in [2.24, 2.45) is 0 Å². The minimum Gasteiger partial charge on any atom is -0.496 e. The summed E-state index contributed by atoms with van der Waals surface area (Å²) < 4.78 is 37.3. The van der Waals surface area contributed by atoms with Crippen molar-refractivity contribution >= 4 is 93.6 Å². The molecule has 9 rings (SSSR count). The molecule has 2 unspecified atom stereocenters. The molecule has 2 atom stereocenters. The number of aryl methyl sites for hydroxylation is 3. The highest BCUT2D eigenvalue weighted by Gasteiger charge is 2.21. The van der Waals surface area contributed by atoms with Gasteiger partial charge >= 0.3 is 7.82 Å². The molecule has 462 valence electrons. The summed E-state index contributed by atoms with van der Waals surface area (Å²) in [4.78, 5) is 56.3. The first kappa shape index (κ1) is 67.2. The molecule has 0 bridgehead atoms. The number of aliphatic hydroxyl groups excluding tert-OH is 2. The molecule has 28 heteroatoms. The van der Waals surface area contributed by atoms with Gasteiger partial charge in [0.2, 0.25) is 17.8 Å². The molecule has 0 saturated heterocycles. The average molecular weight is 1280 g/mol. The van der Waals surface area contributed by atoms with Crippen LogP contribution in [0.15, 0.2) is 37.2 Å². The van der Waals surface area contributed by atoms with Gasteiger partial charge in [0, 0.05) is 89.8 Å². The fourth-order valence-corrected chi connectivity index (χ4v) is 10.6. The second-order valence-corrected chi connectivity index (χ2v) is 22.6. The number of ether oxygens (including phenoxy) is 3. The molecular weight excluding hydrogens is 1210 g/mol. The molecule has 0 aliphatic carbocycles. The van der Waals surface area contributed by atoms with Gasteiger partial charge in [0.05, 0.1) is 110 Å². The van der Waals surface area contributed by atoms with Crippen LogP contribution < -0.4 is 31.4 Å². The first-order valence-corrected chi connectivity index (χ1v) is 29.9. The Hall–Kier alpha value is -8.31. The van der Waals surface area contributed by atoms with Crippen molar-refractivity contribution < 1.29 is 43.3 Å². The highest BCUT2D eigenvalue weighted by Crippen LogP contribution is 2.36. The first-order valence-electron chi connectivity index (χ1n) is 27.2. The van der Waals surface area contributed by atoms with Gasteiger partial charge in [-0.2, -0.15) is 15.0 Å². The molecule has 9 heterocycles. The Bertz CT molecular complexity index is 4320. The van der Waals surface area contributed by atoms with Gasteiger partial charge in [-0.1, -0.05) is 70.3 Å². The van der Waals surface area contributed by atoms with Crippen molar-refractivity contribution in [2.75, 3.05) is 45.1 Å². The molecule has 0 aromatic carbocycles. The van der Waals surface area contributed by atoms with Crippen molar-refractivity contribution in [3.8, 4) is 52.8 Å². The minimum atomic E-state index is -4.52. The lowest BCUT2D eigenvalue weighted by atomic mass is 10.1. The van der Waals surface area contributed by atoms with Crippen LogP contribution in [-0.4, -0.2) is 119 Å². The predicted octanol–water partition coefficient (Wildman–Crippen LogP) is 8.69. The molecule has 24 nitrogen and oxygen atoms in total. The van der Waals surface area contributed by atoms with Crippen molar-refractivity contribution in [1.82, 2.24) is 58.6 Å². The Balaban J connectivity index is 0.000000189. The summed E-state index contributed by atoms with van der Waals surface area (Å²) >= 11 is 19.0. The number of methoxy groups -OCH3 is 3. The maximum absolute atomic E-state index is 10.7. The zero-order chi connectivity index (χ0) is 64.3. The molecular formula is C60H67Cl3N15O9P. The molecule has 0 fully saturated rings. The molecule has 0 aliphatic rings. The van der Waals surface area contributed by atoms with E-state index in [1.807, 2.05) is 67.6 Å². The lowest BCUT2D eigenvalue weighted by Gasteiger charge is -2.13. The summed E-state index contributed by atoms with van der Waals surface area (Å²) in [5, 5.41) is 21.3. The number of aromatic nitrogens is 12. The standard InChI is InChI=1S/C21H24ClN5O2.C20H22ClN5O2.C19H21ClN5O5P/c1-12-9-24-16(14(3)18(12)29-4)11-27-10-15(8-6-5-7-13(2)28)17-19(22)25-21(23)26-20(17)27;1-11-8-23-15(13(3)17(11)28-4)10-26-9-14(7-5-6-12(2)27)16-18(21)24-20(22)25-19(16)26;1-11-8-22-14(12(2)16(11)29-3)10-25-9-13(6-4-5-7-30-31(26,27)28)15-17(20)23-19(21)24-18(15)25/h9-10,13,28H,5,7,11H2,1-4H3,(H2,23,25,26);8-9,12,27H,6,10H2,1-4H3,(H2,22,24,25);8-9H,5,7,10H2,1-3H3,(H2,21,23,24)(H2,26,27,28). The molecule has 0 spiro atoms. The molecule has 9 aromatic rings. The maximum atomic E-state index is 10.7. The van der Waals surface area contributed by atoms with Gasteiger partial charge < -0.3 is 65.1 Å². The van der Waals surface area contributed by atoms with Crippen LogP contribution in [0.1, 0.15) is 107 Å². The number of rotatable bonds is 15. The van der Waals surface area contributed by atoms with Gasteiger partial charge in [-0.15, -0.1) is 0 Å². The second kappa shape index (κ2) is 29.6. The zero-order valence-electron chi connectivity index (χ0n) is 50.3. The number of pyridine rings is 3. The van der Waals surface area contributed by atoms with Crippen molar-refractivity contribution in [3.63, 3.8) is 0 Å². The Labute approximate surface area is 523 Å². The largest absolute Gasteiger partial charge is 0.496 e. The van der Waals surface area contributed by atoms with E-state index in [-0.39, 0.29) is 52.4 Å². The molecule has 0 amide bonds. The lowest BCUT2D eigenvalue weighted by Crippen LogP contribution is -2.07. The maximum Gasteiger partial charge on any atom is 0.469 e. The van der Waals surface area contributed by atoms with Crippen molar-refractivity contribution in [1.29, 1.82) is 0 Å². The van der Waals surface area contributed by atoms with Crippen LogP contribution in [0.2, 0.25) is 15.5 Å². The number of aliphatic hydroxyl groups is 2. The molecule has 0 saturated carbocycles. The number of nitrogens with two attached hydrogens (primary N) is 3. The number of fused-ring (bicyclic) bond motifs is 3. The van der Waals surface area contributed by atoms with E-state index in [1.54, 1.807) is 60.0 Å². The highest BCUT2D eigenvalue weighted by atomic mass is 35.5. The van der Waals surface area contributed by atoms with Gasteiger partial charge in [-0.3, -0.25) is 19.5 Å². The summed E-state index contributed by atoms with van der Waals surface area (Å²) in [6.07, 6.45) is 11.6. The van der Waals surface area contributed by atoms with Crippen molar-refractivity contribution in [3.05, 3.63) is 120 Å². The Kier molecular flexibility index (Phi) is 22.6. The fourth-order valence-electron chi connectivity index (χ4n) is 9.40. The van der Waals surface area contributed by atoms with E-state index in [4.69, 9.17) is 76.0 Å². The quantitative estimate of drug-likeness (QED) is 0.0218. The monoisotopic (exact) mass is 1280 g/mol. The summed E-state index contributed by atoms with van der Waals surface area (Å²) in [6.45, 7) is 16.2. The summed E-state index contributed by atoms with van der Waals surface area (Å²) in [7, 11) is 0.386. The van der Waals surface area contributed by atoms with Gasteiger partial charge in [0.15, 0.2) is 0 Å². The van der Waals surface area contributed by atoms with Crippen LogP contribution in [0.5, 0.6) is 17.2 Å². The van der Waals surface area contributed by atoms with Gasteiger partial charge in [-0.25, -0.2) is 19.5 Å². The second-order valence-electron chi connectivity index (χ2n) is 20.3. The smallest absolute Gasteiger partial charge is 0.469 e. The van der Waals surface area contributed by atoms with Crippen LogP contribution in [0.4, 0.5) is 17.8 Å². The van der Waals surface area contributed by atoms with Crippen LogP contribution >= 0.6 is 42.6 Å². The summed E-state index contributed by atoms with van der Waals surface area (Å²) in [6, 6.07) is 0. The van der Waals surface area contributed by atoms with E-state index in [2.05, 4.69) is 84.9 Å². The van der Waals surface area contributed by atoms with Crippen molar-refractivity contribution in [2.45, 2.75) is 113 Å². The number of nitrogen functional groups attached to an aromatic ring is 3. The number of nitrogens with zero attached hydrogens (tertiary/aromatic N) is 12. The third kappa shape index (κ3) is 16.4. The van der Waals surface area contributed by atoms with Gasteiger partial charge in [0.1, 0.15) is 49.6 Å². The van der Waals surface area contributed by atoms with Crippen LogP contribution in [-0.2, 0) is 28.7 Å². The average Bonchev–Trinajstić information content (AvgIpc) is 1.76. The van der Waals surface area contributed by atoms with Crippen LogP contribution in [0.3, 0.4) is 0 Å². The number of hydrogen-bond donors (Lipinski definition) is 7. The van der Waals surface area contributed by atoms with Crippen LogP contribution in [0.25, 0.3) is 33.1 Å². The first-order chi connectivity index (χ1) is 41.7. The summed E-state index contributed by atoms with van der Waals surface area (Å²) in [5.41, 5.74) is 29.2. The van der Waals surface area contributed by atoms with E-state index in [0.29, 0.717) is 88.7 Å². The molecule has 10 N–H and O–H groups in total. The zero-order valence-corrected chi connectivity index (χ0v) is 53.4. The lowest BCUT2D eigenvalue weighted by molar-refractivity contribution is 0.186. The SMILES string of the molecule is COc1c(C)cnc(Cn2cc(C#CCC(C)O)c3c(Cl)nc(N)nc32)c1C.COc1c(C)cnc(Cn2cc(C#CCCC(C)O)c3c(Cl)nc(N)nc32)c1C.COc1c(C)cnc(Cn2cc(C#CCCOP(=O)(O)O)c3c(Cl)nc(N)nc32)c1C. The van der Waals surface area contributed by atoms with E-state index in [0.717, 1.165) is 67.7 Å². The highest BCUT2D eigenvalue weighted by molar-refractivity contribution is 7.46. The number of anilines is 3. The van der Waals surface area contributed by atoms with E-state index < -0.39 is 13.9 Å². The summed E-state index contributed by atoms with van der Waals surface area (Å²) in [5.74, 6) is 20.6.